The molecule has 0 spiro atoms. The molecular weight excluding hydrogens is 388 g/mol. The van der Waals surface area contributed by atoms with Crippen molar-refractivity contribution >= 4 is 54.4 Å². The van der Waals surface area contributed by atoms with Gasteiger partial charge in [-0.05, 0) is 29.3 Å². The number of nitrogens with one attached hydrogen (secondary N) is 1. The van der Waals surface area contributed by atoms with Gasteiger partial charge in [0.05, 0.1) is 22.1 Å². The third-order valence-electron chi connectivity index (χ3n) is 6.65. The normalized spacial score (nSPS) is 11.9. The average Bonchev–Trinajstić information content (AvgIpc) is 3.22. The number of pyridine rings is 1. The Kier molecular flexibility index (Phi) is 3.51. The van der Waals surface area contributed by atoms with Gasteiger partial charge in [-0.2, -0.15) is 0 Å². The smallest absolute Gasteiger partial charge is 0.0972 e. The van der Waals surface area contributed by atoms with Crippen LogP contribution in [0.2, 0.25) is 0 Å². The van der Waals surface area contributed by atoms with Gasteiger partial charge in [0, 0.05) is 27.1 Å². The highest BCUT2D eigenvalue weighted by Gasteiger charge is 2.18. The average molecular weight is 409 g/mol. The van der Waals surface area contributed by atoms with Crippen LogP contribution in [-0.2, 0) is 0 Å². The fraction of sp³-hybridized carbons (Fsp3) is 0.0333. The van der Waals surface area contributed by atoms with E-state index in [2.05, 4.69) is 109 Å². The molecule has 0 fully saturated rings. The molecule has 7 aromatic rings. The van der Waals surface area contributed by atoms with Gasteiger partial charge in [-0.25, -0.2) is 4.98 Å². The third-order valence-corrected chi connectivity index (χ3v) is 6.65. The maximum absolute atomic E-state index is 5.27. The molecule has 2 heteroatoms. The number of nitrogens with zero attached hydrogens (tertiary/aromatic N) is 1. The number of fused-ring (bicyclic) bond motifs is 8. The lowest BCUT2D eigenvalue weighted by Crippen LogP contribution is -1.90. The highest BCUT2D eigenvalue weighted by molar-refractivity contribution is 6.23. The zero-order valence-corrected chi connectivity index (χ0v) is 17.7. The van der Waals surface area contributed by atoms with Gasteiger partial charge in [0.25, 0.3) is 0 Å². The summed E-state index contributed by atoms with van der Waals surface area (Å²) in [5.41, 5.74) is 8.03. The molecular formula is C30H20N2. The summed E-state index contributed by atoms with van der Waals surface area (Å²) in [4.78, 5) is 9.05. The summed E-state index contributed by atoms with van der Waals surface area (Å²) < 4.78 is 0. The van der Waals surface area contributed by atoms with E-state index in [-0.39, 0.29) is 0 Å². The Morgan fingerprint density at radius 2 is 1.19 bits per heavy atom. The maximum atomic E-state index is 5.27. The molecule has 0 saturated heterocycles. The summed E-state index contributed by atoms with van der Waals surface area (Å²) in [7, 11) is 0. The van der Waals surface area contributed by atoms with Crippen molar-refractivity contribution in [1.29, 1.82) is 0 Å². The van der Waals surface area contributed by atoms with Crippen molar-refractivity contribution < 1.29 is 0 Å². The highest BCUT2D eigenvalue weighted by Crippen LogP contribution is 2.40. The van der Waals surface area contributed by atoms with E-state index in [4.69, 9.17) is 4.98 Å². The predicted octanol–water partition coefficient (Wildman–Crippen LogP) is 8.15. The summed E-state index contributed by atoms with van der Waals surface area (Å²) in [5, 5.41) is 7.21. The quantitative estimate of drug-likeness (QED) is 0.273. The zero-order chi connectivity index (χ0) is 21.2. The molecule has 0 aliphatic carbocycles. The molecule has 2 nitrogen and oxygen atoms in total. The van der Waals surface area contributed by atoms with Gasteiger partial charge < -0.3 is 4.98 Å². The number of hydrogen-bond donors (Lipinski definition) is 1. The Balaban J connectivity index is 1.75. The lowest BCUT2D eigenvalue weighted by atomic mass is 9.96. The molecule has 2 aromatic heterocycles. The maximum Gasteiger partial charge on any atom is 0.0972 e. The van der Waals surface area contributed by atoms with Crippen molar-refractivity contribution in [2.45, 2.75) is 6.92 Å². The number of H-pyrrole nitrogens is 1. The number of aryl methyl sites for hydroxylation is 1. The number of aromatic amines is 1. The van der Waals surface area contributed by atoms with Gasteiger partial charge in [-0.1, -0.05) is 96.6 Å². The van der Waals surface area contributed by atoms with E-state index in [1.54, 1.807) is 0 Å². The number of rotatable bonds is 1. The number of aromatic nitrogens is 2. The van der Waals surface area contributed by atoms with Crippen molar-refractivity contribution in [3.8, 4) is 11.1 Å². The van der Waals surface area contributed by atoms with Gasteiger partial charge in [0.1, 0.15) is 0 Å². The van der Waals surface area contributed by atoms with Crippen LogP contribution in [-0.4, -0.2) is 9.97 Å². The molecule has 0 unspecified atom stereocenters. The van der Waals surface area contributed by atoms with Crippen LogP contribution in [0.1, 0.15) is 5.56 Å². The van der Waals surface area contributed by atoms with Gasteiger partial charge in [0.2, 0.25) is 0 Å². The van der Waals surface area contributed by atoms with E-state index in [9.17, 15) is 0 Å². The minimum atomic E-state index is 1.03. The summed E-state index contributed by atoms with van der Waals surface area (Å²) in [5.74, 6) is 0. The second-order valence-electron chi connectivity index (χ2n) is 8.59. The topological polar surface area (TPSA) is 28.7 Å². The van der Waals surface area contributed by atoms with Gasteiger partial charge in [0.15, 0.2) is 0 Å². The van der Waals surface area contributed by atoms with Crippen LogP contribution in [0, 0.1) is 6.92 Å². The van der Waals surface area contributed by atoms with Crippen LogP contribution < -0.4 is 0 Å². The molecule has 0 radical (unpaired) electrons. The second kappa shape index (κ2) is 6.41. The lowest BCUT2D eigenvalue weighted by Gasteiger charge is -2.11. The fourth-order valence-corrected chi connectivity index (χ4v) is 5.06. The summed E-state index contributed by atoms with van der Waals surface area (Å²) >= 11 is 0. The molecule has 0 aliphatic rings. The van der Waals surface area contributed by atoms with E-state index in [1.165, 1.54) is 49.0 Å². The Morgan fingerprint density at radius 1 is 0.531 bits per heavy atom. The van der Waals surface area contributed by atoms with Crippen LogP contribution in [0.3, 0.4) is 0 Å². The first-order valence-electron chi connectivity index (χ1n) is 11.0. The highest BCUT2D eigenvalue weighted by atomic mass is 14.8. The molecule has 0 bridgehead atoms. The Labute approximate surface area is 185 Å². The van der Waals surface area contributed by atoms with E-state index in [1.807, 2.05) is 0 Å². The Hall–Kier alpha value is -4.17. The van der Waals surface area contributed by atoms with Crippen LogP contribution in [0.5, 0.6) is 0 Å². The van der Waals surface area contributed by atoms with Crippen LogP contribution in [0.4, 0.5) is 0 Å². The van der Waals surface area contributed by atoms with Crippen LogP contribution >= 0.6 is 0 Å². The SMILES string of the molecule is Cc1ccc(-c2c3ccc4ccccc4c3nc3c2[nH]c2c4ccccc4ccc32)cc1. The largest absolute Gasteiger partial charge is 0.352 e. The molecule has 150 valence electrons. The fourth-order valence-electron chi connectivity index (χ4n) is 5.06. The molecule has 0 saturated carbocycles. The molecule has 7 rings (SSSR count). The Bertz CT molecular complexity index is 1820. The van der Waals surface area contributed by atoms with Gasteiger partial charge in [-0.15, -0.1) is 0 Å². The number of benzene rings is 5. The monoisotopic (exact) mass is 408 g/mol. The van der Waals surface area contributed by atoms with Crippen molar-refractivity contribution in [2.75, 3.05) is 0 Å². The summed E-state index contributed by atoms with van der Waals surface area (Å²) in [6, 6.07) is 34.7. The van der Waals surface area contributed by atoms with E-state index >= 15 is 0 Å². The molecule has 5 aromatic carbocycles. The predicted molar refractivity (Wildman–Crippen MR) is 136 cm³/mol. The summed E-state index contributed by atoms with van der Waals surface area (Å²) in [6.45, 7) is 2.13. The van der Waals surface area contributed by atoms with Crippen molar-refractivity contribution in [3.05, 3.63) is 103 Å². The minimum Gasteiger partial charge on any atom is -0.352 e. The molecule has 0 amide bonds. The number of hydrogen-bond acceptors (Lipinski definition) is 1. The zero-order valence-electron chi connectivity index (χ0n) is 17.7. The lowest BCUT2D eigenvalue weighted by molar-refractivity contribution is 1.46. The molecule has 0 aliphatic heterocycles. The Morgan fingerprint density at radius 3 is 1.97 bits per heavy atom. The van der Waals surface area contributed by atoms with Gasteiger partial charge in [-0.3, -0.25) is 0 Å². The molecule has 32 heavy (non-hydrogen) atoms. The molecule has 2 heterocycles. The van der Waals surface area contributed by atoms with Crippen molar-refractivity contribution in [2.24, 2.45) is 0 Å². The second-order valence-corrected chi connectivity index (χ2v) is 8.59. The van der Waals surface area contributed by atoms with Crippen LogP contribution in [0.15, 0.2) is 97.1 Å². The van der Waals surface area contributed by atoms with E-state index in [0.717, 1.165) is 22.1 Å². The third kappa shape index (κ3) is 2.38. The van der Waals surface area contributed by atoms with E-state index < -0.39 is 0 Å². The van der Waals surface area contributed by atoms with E-state index in [0.29, 0.717) is 0 Å². The first-order chi connectivity index (χ1) is 15.8. The van der Waals surface area contributed by atoms with Crippen LogP contribution in [0.25, 0.3) is 65.5 Å². The minimum absolute atomic E-state index is 1.03. The standard InChI is InChI=1S/C30H20N2/c1-18-10-12-21(13-11-18)26-24-16-14-19-6-2-4-8-22(19)27(24)31-29-25-17-15-20-7-3-5-9-23(20)28(25)32-30(26)29/h2-17,32H,1H3. The van der Waals surface area contributed by atoms with Gasteiger partial charge >= 0.3 is 0 Å². The molecule has 1 N–H and O–H groups in total. The van der Waals surface area contributed by atoms with Crippen molar-refractivity contribution in [1.82, 2.24) is 9.97 Å². The molecule has 0 atom stereocenters. The first-order valence-corrected chi connectivity index (χ1v) is 11.0. The van der Waals surface area contributed by atoms with Crippen molar-refractivity contribution in [3.63, 3.8) is 0 Å². The summed E-state index contributed by atoms with van der Waals surface area (Å²) in [6.07, 6.45) is 0. The first kappa shape index (κ1) is 17.5.